The van der Waals surface area contributed by atoms with Crippen LogP contribution in [0.4, 0.5) is 0 Å². The van der Waals surface area contributed by atoms with Gasteiger partial charge in [0, 0.05) is 18.0 Å². The molecule has 2 heterocycles. The lowest BCUT2D eigenvalue weighted by Gasteiger charge is -2.10. The Morgan fingerprint density at radius 2 is 2.00 bits per heavy atom. The molecule has 0 aliphatic carbocycles. The zero-order valence-electron chi connectivity index (χ0n) is 13.3. The van der Waals surface area contributed by atoms with Crippen LogP contribution in [0.3, 0.4) is 0 Å². The van der Waals surface area contributed by atoms with Crippen molar-refractivity contribution in [2.75, 3.05) is 7.11 Å². The monoisotopic (exact) mass is 297 g/mol. The summed E-state index contributed by atoms with van der Waals surface area (Å²) < 4.78 is 13.1. The first-order valence-corrected chi connectivity index (χ1v) is 7.18. The number of nitrogens with zero attached hydrogens (tertiary/aromatic N) is 3. The van der Waals surface area contributed by atoms with E-state index in [-0.39, 0.29) is 0 Å². The molecule has 5 nitrogen and oxygen atoms in total. The van der Waals surface area contributed by atoms with Crippen molar-refractivity contribution in [1.82, 2.24) is 14.8 Å². The zero-order valence-corrected chi connectivity index (χ0v) is 13.3. The topological polar surface area (TPSA) is 53.1 Å². The van der Waals surface area contributed by atoms with Gasteiger partial charge in [-0.15, -0.1) is 0 Å². The van der Waals surface area contributed by atoms with Crippen molar-refractivity contribution in [3.8, 4) is 17.2 Å². The molecule has 3 aromatic rings. The van der Waals surface area contributed by atoms with Crippen molar-refractivity contribution in [2.24, 2.45) is 0 Å². The Bertz CT molecular complexity index is 789. The van der Waals surface area contributed by atoms with Crippen molar-refractivity contribution in [3.05, 3.63) is 53.2 Å². The minimum atomic E-state index is 0.608. The van der Waals surface area contributed by atoms with Crippen LogP contribution in [0.25, 0.3) is 11.5 Å². The average Bonchev–Trinajstić information content (AvgIpc) is 3.13. The van der Waals surface area contributed by atoms with E-state index in [1.54, 1.807) is 13.3 Å². The number of aryl methyl sites for hydroxylation is 1. The second-order valence-corrected chi connectivity index (χ2v) is 5.29. The Morgan fingerprint density at radius 1 is 1.18 bits per heavy atom. The Labute approximate surface area is 129 Å². The fourth-order valence-electron chi connectivity index (χ4n) is 2.49. The highest BCUT2D eigenvalue weighted by Gasteiger charge is 2.16. The minimum absolute atomic E-state index is 0.608. The van der Waals surface area contributed by atoms with E-state index in [0.29, 0.717) is 12.4 Å². The van der Waals surface area contributed by atoms with E-state index in [1.807, 2.05) is 42.9 Å². The molecule has 2 aromatic heterocycles. The average molecular weight is 297 g/mol. The molecular weight excluding hydrogens is 278 g/mol. The molecule has 0 unspecified atom stereocenters. The molecule has 0 N–H and O–H groups in total. The molecule has 0 fully saturated rings. The van der Waals surface area contributed by atoms with Gasteiger partial charge in [0.2, 0.25) is 5.89 Å². The van der Waals surface area contributed by atoms with E-state index in [2.05, 4.69) is 17.0 Å². The molecule has 114 valence electrons. The summed E-state index contributed by atoms with van der Waals surface area (Å²) in [6.45, 7) is 6.63. The van der Waals surface area contributed by atoms with Crippen molar-refractivity contribution < 1.29 is 9.15 Å². The molecule has 0 radical (unpaired) electrons. The number of aromatic nitrogens is 3. The van der Waals surface area contributed by atoms with E-state index in [4.69, 9.17) is 9.15 Å². The first-order chi connectivity index (χ1) is 10.6. The van der Waals surface area contributed by atoms with E-state index in [9.17, 15) is 0 Å². The van der Waals surface area contributed by atoms with Gasteiger partial charge in [0.1, 0.15) is 17.2 Å². The number of hydrogen-bond acceptors (Lipinski definition) is 4. The largest absolute Gasteiger partial charge is 0.496 e. The van der Waals surface area contributed by atoms with E-state index < -0.39 is 0 Å². The van der Waals surface area contributed by atoms with Crippen LogP contribution in [-0.2, 0) is 6.54 Å². The standard InChI is InChI=1S/C17H19N3O2/c1-11-12(2)16(21-4)7-6-14(11)17-19-15(13(3)22-17)10-20-9-5-8-18-20/h5-9H,10H2,1-4H3. The molecule has 0 aliphatic heterocycles. The predicted molar refractivity (Wildman–Crippen MR) is 84.0 cm³/mol. The summed E-state index contributed by atoms with van der Waals surface area (Å²) >= 11 is 0. The second kappa shape index (κ2) is 5.67. The molecule has 5 heteroatoms. The van der Waals surface area contributed by atoms with Gasteiger partial charge in [-0.05, 0) is 50.1 Å². The lowest BCUT2D eigenvalue weighted by atomic mass is 10.0. The summed E-state index contributed by atoms with van der Waals surface area (Å²) in [6.07, 6.45) is 3.67. The number of methoxy groups -OCH3 is 1. The molecular formula is C17H19N3O2. The molecule has 1 aromatic carbocycles. The van der Waals surface area contributed by atoms with Crippen molar-refractivity contribution in [1.29, 1.82) is 0 Å². The maximum Gasteiger partial charge on any atom is 0.226 e. The second-order valence-electron chi connectivity index (χ2n) is 5.29. The summed E-state index contributed by atoms with van der Waals surface area (Å²) in [5, 5.41) is 4.21. The van der Waals surface area contributed by atoms with Gasteiger partial charge < -0.3 is 9.15 Å². The highest BCUT2D eigenvalue weighted by molar-refractivity contribution is 5.63. The molecule has 0 bridgehead atoms. The van der Waals surface area contributed by atoms with Crippen LogP contribution >= 0.6 is 0 Å². The Kier molecular flexibility index (Phi) is 3.71. The Hall–Kier alpha value is -2.56. The molecule has 0 saturated heterocycles. The fraction of sp³-hybridized carbons (Fsp3) is 0.294. The van der Waals surface area contributed by atoms with Gasteiger partial charge in [-0.1, -0.05) is 0 Å². The van der Waals surface area contributed by atoms with Gasteiger partial charge in [-0.2, -0.15) is 5.10 Å². The van der Waals surface area contributed by atoms with Crippen LogP contribution in [0.15, 0.2) is 35.0 Å². The third-order valence-electron chi connectivity index (χ3n) is 3.95. The number of oxazole rings is 1. The van der Waals surface area contributed by atoms with E-state index in [1.165, 1.54) is 0 Å². The molecule has 3 rings (SSSR count). The molecule has 0 aliphatic rings. The first kappa shape index (κ1) is 14.4. The van der Waals surface area contributed by atoms with Crippen LogP contribution < -0.4 is 4.74 Å². The summed E-state index contributed by atoms with van der Waals surface area (Å²) in [5.74, 6) is 2.34. The van der Waals surface area contributed by atoms with Crippen LogP contribution in [0.5, 0.6) is 5.75 Å². The van der Waals surface area contributed by atoms with Gasteiger partial charge in [0.25, 0.3) is 0 Å². The summed E-state index contributed by atoms with van der Waals surface area (Å²) in [5.41, 5.74) is 4.11. The van der Waals surface area contributed by atoms with Gasteiger partial charge in [-0.3, -0.25) is 4.68 Å². The third kappa shape index (κ3) is 2.50. The molecule has 0 amide bonds. The fourth-order valence-corrected chi connectivity index (χ4v) is 2.49. The van der Waals surface area contributed by atoms with Gasteiger partial charge >= 0.3 is 0 Å². The lowest BCUT2D eigenvalue weighted by molar-refractivity contribution is 0.411. The van der Waals surface area contributed by atoms with Gasteiger partial charge in [0.05, 0.1) is 13.7 Å². The quantitative estimate of drug-likeness (QED) is 0.739. The van der Waals surface area contributed by atoms with Crippen molar-refractivity contribution >= 4 is 0 Å². The summed E-state index contributed by atoms with van der Waals surface area (Å²) in [4.78, 5) is 4.64. The van der Waals surface area contributed by atoms with Gasteiger partial charge in [0.15, 0.2) is 0 Å². The summed E-state index contributed by atoms with van der Waals surface area (Å²) in [7, 11) is 1.68. The van der Waals surface area contributed by atoms with Crippen molar-refractivity contribution in [2.45, 2.75) is 27.3 Å². The normalized spacial score (nSPS) is 10.9. The summed E-state index contributed by atoms with van der Waals surface area (Å²) in [6, 6.07) is 5.84. The maximum atomic E-state index is 5.87. The predicted octanol–water partition coefficient (Wildman–Crippen LogP) is 3.52. The Morgan fingerprint density at radius 3 is 2.68 bits per heavy atom. The minimum Gasteiger partial charge on any atom is -0.496 e. The zero-order chi connectivity index (χ0) is 15.7. The first-order valence-electron chi connectivity index (χ1n) is 7.18. The maximum absolute atomic E-state index is 5.87. The van der Waals surface area contributed by atoms with Gasteiger partial charge in [-0.25, -0.2) is 4.98 Å². The molecule has 22 heavy (non-hydrogen) atoms. The number of benzene rings is 1. The third-order valence-corrected chi connectivity index (χ3v) is 3.95. The smallest absolute Gasteiger partial charge is 0.226 e. The molecule has 0 saturated carbocycles. The number of ether oxygens (including phenoxy) is 1. The van der Waals surface area contributed by atoms with E-state index >= 15 is 0 Å². The SMILES string of the molecule is COc1ccc(-c2nc(Cn3cccn3)c(C)o2)c(C)c1C. The number of hydrogen-bond donors (Lipinski definition) is 0. The lowest BCUT2D eigenvalue weighted by Crippen LogP contribution is -2.01. The van der Waals surface area contributed by atoms with Crippen LogP contribution in [-0.4, -0.2) is 21.9 Å². The molecule has 0 spiro atoms. The van der Waals surface area contributed by atoms with E-state index in [0.717, 1.165) is 33.9 Å². The number of rotatable bonds is 4. The van der Waals surface area contributed by atoms with Crippen LogP contribution in [0.2, 0.25) is 0 Å². The van der Waals surface area contributed by atoms with Crippen molar-refractivity contribution in [3.63, 3.8) is 0 Å². The van der Waals surface area contributed by atoms with Crippen LogP contribution in [0, 0.1) is 20.8 Å². The van der Waals surface area contributed by atoms with Crippen LogP contribution in [0.1, 0.15) is 22.6 Å². The Balaban J connectivity index is 1.98. The highest BCUT2D eigenvalue weighted by atomic mass is 16.5. The molecule has 0 atom stereocenters. The highest BCUT2D eigenvalue weighted by Crippen LogP contribution is 2.31.